The summed E-state index contributed by atoms with van der Waals surface area (Å²) < 4.78 is 2.00. The predicted molar refractivity (Wildman–Crippen MR) is 55.2 cm³/mol. The van der Waals surface area contributed by atoms with Crippen molar-refractivity contribution in [2.24, 2.45) is 7.05 Å². The first kappa shape index (κ1) is 9.52. The van der Waals surface area contributed by atoms with Gasteiger partial charge in [-0.05, 0) is 19.9 Å². The molecule has 1 aromatic rings. The van der Waals surface area contributed by atoms with Crippen molar-refractivity contribution in [3.8, 4) is 0 Å². The highest BCUT2D eigenvalue weighted by atomic mass is 79.9. The third-order valence-electron chi connectivity index (χ3n) is 1.86. The van der Waals surface area contributed by atoms with Crippen molar-refractivity contribution < 1.29 is 0 Å². The summed E-state index contributed by atoms with van der Waals surface area (Å²) in [5.74, 6) is 0. The molecule has 0 bridgehead atoms. The average Bonchev–Trinajstić information content (AvgIpc) is 2.36. The molecule has 0 amide bonds. The van der Waals surface area contributed by atoms with Crippen LogP contribution < -0.4 is 0 Å². The molecule has 1 unspecified atom stereocenters. The number of alkyl halides is 1. The van der Waals surface area contributed by atoms with Crippen LogP contribution in [0.2, 0.25) is 0 Å². The van der Waals surface area contributed by atoms with E-state index in [1.54, 1.807) is 6.33 Å². The first-order chi connectivity index (χ1) is 5.61. The van der Waals surface area contributed by atoms with Crippen LogP contribution in [-0.2, 0) is 7.05 Å². The molecule has 3 heteroatoms. The number of halogens is 1. The fraction of sp³-hybridized carbons (Fsp3) is 0.444. The van der Waals surface area contributed by atoms with Gasteiger partial charge in [0.15, 0.2) is 0 Å². The summed E-state index contributed by atoms with van der Waals surface area (Å²) >= 11 is 3.51. The van der Waals surface area contributed by atoms with Crippen LogP contribution in [0.5, 0.6) is 0 Å². The van der Waals surface area contributed by atoms with E-state index in [0.29, 0.717) is 4.83 Å². The van der Waals surface area contributed by atoms with Crippen LogP contribution in [0.15, 0.2) is 18.1 Å². The van der Waals surface area contributed by atoms with Gasteiger partial charge in [0.1, 0.15) is 0 Å². The van der Waals surface area contributed by atoms with Crippen molar-refractivity contribution >= 4 is 22.0 Å². The molecule has 1 aromatic heterocycles. The summed E-state index contributed by atoms with van der Waals surface area (Å²) in [4.78, 5) is 4.46. The smallest absolute Gasteiger partial charge is 0.0948 e. The first-order valence-electron chi connectivity index (χ1n) is 3.90. The molecular formula is C9H13BrN2. The Morgan fingerprint density at radius 3 is 2.83 bits per heavy atom. The third-order valence-corrected chi connectivity index (χ3v) is 2.58. The number of hydrogen-bond donors (Lipinski definition) is 0. The monoisotopic (exact) mass is 228 g/mol. The highest BCUT2D eigenvalue weighted by molar-refractivity contribution is 9.09. The lowest BCUT2D eigenvalue weighted by molar-refractivity contribution is 0.900. The maximum absolute atomic E-state index is 4.04. The average molecular weight is 229 g/mol. The van der Waals surface area contributed by atoms with Gasteiger partial charge in [-0.15, -0.1) is 0 Å². The molecule has 0 aliphatic heterocycles. The van der Waals surface area contributed by atoms with Crippen LogP contribution in [0.1, 0.15) is 19.5 Å². The third kappa shape index (κ3) is 2.21. The van der Waals surface area contributed by atoms with Crippen molar-refractivity contribution in [2.75, 3.05) is 0 Å². The van der Waals surface area contributed by atoms with Gasteiger partial charge >= 0.3 is 0 Å². The van der Waals surface area contributed by atoms with E-state index in [-0.39, 0.29) is 0 Å². The van der Waals surface area contributed by atoms with Gasteiger partial charge in [-0.25, -0.2) is 4.98 Å². The maximum Gasteiger partial charge on any atom is 0.0948 e. The molecule has 1 rings (SSSR count). The number of allylic oxidation sites excluding steroid dienone is 1. The summed E-state index contributed by atoms with van der Waals surface area (Å²) in [6.45, 7) is 4.22. The fourth-order valence-corrected chi connectivity index (χ4v) is 0.987. The number of aromatic nitrogens is 2. The van der Waals surface area contributed by atoms with E-state index in [4.69, 9.17) is 0 Å². The van der Waals surface area contributed by atoms with E-state index < -0.39 is 0 Å². The van der Waals surface area contributed by atoms with E-state index in [9.17, 15) is 0 Å². The summed E-state index contributed by atoms with van der Waals surface area (Å²) in [7, 11) is 1.99. The fourth-order valence-electron chi connectivity index (χ4n) is 0.855. The molecular weight excluding hydrogens is 216 g/mol. The number of aryl methyl sites for hydroxylation is 1. The largest absolute Gasteiger partial charge is 0.334 e. The van der Waals surface area contributed by atoms with E-state index in [0.717, 1.165) is 5.69 Å². The SMILES string of the molecule is C/C(=C\c1cncn1C)C(C)Br. The number of nitrogens with zero attached hydrogens (tertiary/aromatic N) is 2. The molecule has 0 aromatic carbocycles. The quantitative estimate of drug-likeness (QED) is 0.712. The predicted octanol–water partition coefficient (Wildman–Crippen LogP) is 2.61. The Bertz CT molecular complexity index is 286. The lowest BCUT2D eigenvalue weighted by atomic mass is 10.2. The Balaban J connectivity index is 2.87. The minimum absolute atomic E-state index is 0.424. The minimum Gasteiger partial charge on any atom is -0.334 e. The van der Waals surface area contributed by atoms with Crippen molar-refractivity contribution in [1.82, 2.24) is 9.55 Å². The van der Waals surface area contributed by atoms with Gasteiger partial charge in [0.25, 0.3) is 0 Å². The van der Waals surface area contributed by atoms with Gasteiger partial charge in [0.2, 0.25) is 0 Å². The van der Waals surface area contributed by atoms with E-state index in [1.165, 1.54) is 5.57 Å². The molecule has 0 saturated heterocycles. The molecule has 0 N–H and O–H groups in total. The van der Waals surface area contributed by atoms with Crippen LogP contribution in [0.4, 0.5) is 0 Å². The Morgan fingerprint density at radius 1 is 1.75 bits per heavy atom. The first-order valence-corrected chi connectivity index (χ1v) is 4.81. The zero-order valence-corrected chi connectivity index (χ0v) is 9.17. The van der Waals surface area contributed by atoms with Crippen LogP contribution >= 0.6 is 15.9 Å². The highest BCUT2D eigenvalue weighted by Crippen LogP contribution is 2.14. The second-order valence-electron chi connectivity index (χ2n) is 2.93. The van der Waals surface area contributed by atoms with Crippen LogP contribution in [0.3, 0.4) is 0 Å². The zero-order valence-electron chi connectivity index (χ0n) is 7.58. The van der Waals surface area contributed by atoms with E-state index >= 15 is 0 Å². The van der Waals surface area contributed by atoms with Crippen LogP contribution in [0, 0.1) is 0 Å². The molecule has 0 fully saturated rings. The summed E-state index contributed by atoms with van der Waals surface area (Å²) in [6, 6.07) is 0. The number of rotatable bonds is 2. The Kier molecular flexibility index (Phi) is 3.09. The zero-order chi connectivity index (χ0) is 9.14. The van der Waals surface area contributed by atoms with Crippen molar-refractivity contribution in [3.05, 3.63) is 23.8 Å². The van der Waals surface area contributed by atoms with E-state index in [2.05, 4.69) is 40.8 Å². The van der Waals surface area contributed by atoms with Crippen molar-refractivity contribution in [1.29, 1.82) is 0 Å². The molecule has 1 heterocycles. The Morgan fingerprint density at radius 2 is 2.42 bits per heavy atom. The molecule has 2 nitrogen and oxygen atoms in total. The highest BCUT2D eigenvalue weighted by Gasteiger charge is 1.99. The number of hydrogen-bond acceptors (Lipinski definition) is 1. The van der Waals surface area contributed by atoms with Gasteiger partial charge in [0.05, 0.1) is 18.2 Å². The Hall–Kier alpha value is -0.570. The molecule has 1 atom stereocenters. The maximum atomic E-state index is 4.04. The summed E-state index contributed by atoms with van der Waals surface area (Å²) in [6.07, 6.45) is 5.79. The van der Waals surface area contributed by atoms with Crippen LogP contribution in [0.25, 0.3) is 6.08 Å². The normalized spacial score (nSPS) is 14.8. The second kappa shape index (κ2) is 3.90. The number of imidazole rings is 1. The Labute approximate surface area is 81.4 Å². The summed E-state index contributed by atoms with van der Waals surface area (Å²) in [5.41, 5.74) is 2.44. The molecule has 66 valence electrons. The standard InChI is InChI=1S/C9H13BrN2/c1-7(8(2)10)4-9-5-11-6-12(9)3/h4-6,8H,1-3H3/b7-4+. The molecule has 0 radical (unpaired) electrons. The van der Waals surface area contributed by atoms with Gasteiger partial charge in [0, 0.05) is 11.9 Å². The molecule has 0 aliphatic rings. The topological polar surface area (TPSA) is 17.8 Å². The lowest BCUT2D eigenvalue weighted by Crippen LogP contribution is -1.94. The van der Waals surface area contributed by atoms with Crippen molar-refractivity contribution in [2.45, 2.75) is 18.7 Å². The lowest BCUT2D eigenvalue weighted by Gasteiger charge is -2.02. The van der Waals surface area contributed by atoms with Gasteiger partial charge < -0.3 is 4.57 Å². The summed E-state index contributed by atoms with van der Waals surface area (Å²) in [5, 5.41) is 0. The molecule has 0 saturated carbocycles. The molecule has 0 spiro atoms. The van der Waals surface area contributed by atoms with Crippen molar-refractivity contribution in [3.63, 3.8) is 0 Å². The minimum atomic E-state index is 0.424. The second-order valence-corrected chi connectivity index (χ2v) is 4.31. The van der Waals surface area contributed by atoms with Crippen LogP contribution in [-0.4, -0.2) is 14.4 Å². The molecule has 0 aliphatic carbocycles. The van der Waals surface area contributed by atoms with Gasteiger partial charge in [-0.2, -0.15) is 0 Å². The van der Waals surface area contributed by atoms with Gasteiger partial charge in [-0.3, -0.25) is 0 Å². The van der Waals surface area contributed by atoms with Gasteiger partial charge in [-0.1, -0.05) is 21.5 Å². The van der Waals surface area contributed by atoms with E-state index in [1.807, 2.05) is 17.8 Å². The molecule has 12 heavy (non-hydrogen) atoms.